The molecule has 4 rings (SSSR count). The SMILES string of the molecule is Fc1ccc(-n2cc(C3CCCNCC3)c3cc(Cl)ccc32)cc1. The second-order valence-electron chi connectivity index (χ2n) is 6.47. The van der Waals surface area contributed by atoms with Gasteiger partial charge in [-0.1, -0.05) is 11.6 Å². The minimum atomic E-state index is -0.215. The van der Waals surface area contributed by atoms with Crippen LogP contribution in [0.25, 0.3) is 16.6 Å². The van der Waals surface area contributed by atoms with Crippen LogP contribution in [0.2, 0.25) is 5.02 Å². The quantitative estimate of drug-likeness (QED) is 0.670. The number of halogens is 2. The van der Waals surface area contributed by atoms with Gasteiger partial charge in [-0.2, -0.15) is 0 Å². The molecule has 1 saturated heterocycles. The minimum absolute atomic E-state index is 0.215. The molecule has 0 spiro atoms. The third-order valence-electron chi connectivity index (χ3n) is 4.92. The first-order chi connectivity index (χ1) is 11.7. The number of fused-ring (bicyclic) bond motifs is 1. The molecule has 124 valence electrons. The van der Waals surface area contributed by atoms with Gasteiger partial charge in [0.2, 0.25) is 0 Å². The fraction of sp³-hybridized carbons (Fsp3) is 0.300. The molecule has 4 heteroatoms. The van der Waals surface area contributed by atoms with Crippen molar-refractivity contribution in [3.8, 4) is 5.69 Å². The topological polar surface area (TPSA) is 17.0 Å². The molecule has 3 aromatic rings. The third kappa shape index (κ3) is 2.94. The molecule has 0 amide bonds. The van der Waals surface area contributed by atoms with Crippen LogP contribution in [0.5, 0.6) is 0 Å². The second-order valence-corrected chi connectivity index (χ2v) is 6.91. The molecule has 1 N–H and O–H groups in total. The molecule has 0 saturated carbocycles. The predicted molar refractivity (Wildman–Crippen MR) is 97.7 cm³/mol. The number of nitrogens with one attached hydrogen (secondary N) is 1. The van der Waals surface area contributed by atoms with E-state index >= 15 is 0 Å². The average Bonchev–Trinajstić information content (AvgIpc) is 2.77. The Morgan fingerprint density at radius 1 is 1.04 bits per heavy atom. The highest BCUT2D eigenvalue weighted by molar-refractivity contribution is 6.31. The number of hydrogen-bond acceptors (Lipinski definition) is 1. The van der Waals surface area contributed by atoms with E-state index in [0.717, 1.165) is 35.7 Å². The van der Waals surface area contributed by atoms with Crippen molar-refractivity contribution in [2.45, 2.75) is 25.2 Å². The van der Waals surface area contributed by atoms with Crippen LogP contribution in [-0.4, -0.2) is 17.7 Å². The van der Waals surface area contributed by atoms with Gasteiger partial charge in [0, 0.05) is 22.3 Å². The molecule has 0 radical (unpaired) electrons. The minimum Gasteiger partial charge on any atom is -0.317 e. The lowest BCUT2D eigenvalue weighted by atomic mass is 9.92. The monoisotopic (exact) mass is 342 g/mol. The first kappa shape index (κ1) is 15.7. The lowest BCUT2D eigenvalue weighted by Crippen LogP contribution is -2.13. The zero-order valence-corrected chi connectivity index (χ0v) is 14.2. The van der Waals surface area contributed by atoms with Gasteiger partial charge in [0.05, 0.1) is 5.52 Å². The van der Waals surface area contributed by atoms with Gasteiger partial charge >= 0.3 is 0 Å². The van der Waals surface area contributed by atoms with E-state index in [1.54, 1.807) is 0 Å². The van der Waals surface area contributed by atoms with Crippen LogP contribution in [-0.2, 0) is 0 Å². The molecule has 0 bridgehead atoms. The van der Waals surface area contributed by atoms with E-state index < -0.39 is 0 Å². The van der Waals surface area contributed by atoms with Gasteiger partial charge in [-0.05, 0) is 86.3 Å². The maximum Gasteiger partial charge on any atom is 0.123 e. The number of benzene rings is 2. The smallest absolute Gasteiger partial charge is 0.123 e. The molecule has 2 nitrogen and oxygen atoms in total. The molecular weight excluding hydrogens is 323 g/mol. The Morgan fingerprint density at radius 3 is 2.71 bits per heavy atom. The first-order valence-corrected chi connectivity index (χ1v) is 8.87. The van der Waals surface area contributed by atoms with E-state index in [2.05, 4.69) is 28.2 Å². The summed E-state index contributed by atoms with van der Waals surface area (Å²) < 4.78 is 15.4. The van der Waals surface area contributed by atoms with Crippen molar-refractivity contribution in [3.63, 3.8) is 0 Å². The van der Waals surface area contributed by atoms with Gasteiger partial charge in [-0.3, -0.25) is 0 Å². The normalized spacial score (nSPS) is 18.7. The van der Waals surface area contributed by atoms with Crippen molar-refractivity contribution in [1.82, 2.24) is 9.88 Å². The Kier molecular flexibility index (Phi) is 4.30. The van der Waals surface area contributed by atoms with E-state index in [-0.39, 0.29) is 5.82 Å². The number of rotatable bonds is 2. The summed E-state index contributed by atoms with van der Waals surface area (Å²) in [4.78, 5) is 0. The number of nitrogens with zero attached hydrogens (tertiary/aromatic N) is 1. The molecule has 1 atom stereocenters. The number of aromatic nitrogens is 1. The van der Waals surface area contributed by atoms with Crippen molar-refractivity contribution in [3.05, 3.63) is 65.1 Å². The van der Waals surface area contributed by atoms with Crippen LogP contribution < -0.4 is 5.32 Å². The maximum atomic E-state index is 13.3. The van der Waals surface area contributed by atoms with Crippen molar-refractivity contribution in [1.29, 1.82) is 0 Å². The summed E-state index contributed by atoms with van der Waals surface area (Å²) >= 11 is 6.27. The van der Waals surface area contributed by atoms with Crippen LogP contribution in [0.3, 0.4) is 0 Å². The van der Waals surface area contributed by atoms with Crippen LogP contribution in [0.1, 0.15) is 30.7 Å². The largest absolute Gasteiger partial charge is 0.317 e. The number of hydrogen-bond donors (Lipinski definition) is 1. The summed E-state index contributed by atoms with van der Waals surface area (Å²) in [6.45, 7) is 2.14. The van der Waals surface area contributed by atoms with E-state index in [1.807, 2.05) is 18.2 Å². The van der Waals surface area contributed by atoms with Crippen LogP contribution >= 0.6 is 11.6 Å². The van der Waals surface area contributed by atoms with Crippen LogP contribution in [0.4, 0.5) is 4.39 Å². The first-order valence-electron chi connectivity index (χ1n) is 8.49. The van der Waals surface area contributed by atoms with E-state index in [4.69, 9.17) is 11.6 Å². The van der Waals surface area contributed by atoms with Gasteiger partial charge in [0.15, 0.2) is 0 Å². The Bertz CT molecular complexity index is 846. The van der Waals surface area contributed by atoms with Gasteiger partial charge in [-0.15, -0.1) is 0 Å². The van der Waals surface area contributed by atoms with Gasteiger partial charge in [0.25, 0.3) is 0 Å². The maximum absolute atomic E-state index is 13.3. The van der Waals surface area contributed by atoms with Gasteiger partial charge in [-0.25, -0.2) is 4.39 Å². The molecule has 1 unspecified atom stereocenters. The van der Waals surface area contributed by atoms with Crippen molar-refractivity contribution < 1.29 is 4.39 Å². The molecule has 1 aliphatic heterocycles. The molecule has 0 aliphatic carbocycles. The molecule has 2 heterocycles. The summed E-state index contributed by atoms with van der Waals surface area (Å²) in [6.07, 6.45) is 5.72. The Hall–Kier alpha value is -1.84. The van der Waals surface area contributed by atoms with E-state index in [9.17, 15) is 4.39 Å². The molecular formula is C20H20ClFN2. The average molecular weight is 343 g/mol. The van der Waals surface area contributed by atoms with Crippen molar-refractivity contribution in [2.24, 2.45) is 0 Å². The predicted octanol–water partition coefficient (Wildman–Crippen LogP) is 5.28. The zero-order valence-electron chi connectivity index (χ0n) is 13.4. The zero-order chi connectivity index (χ0) is 16.5. The fourth-order valence-electron chi connectivity index (χ4n) is 3.70. The van der Waals surface area contributed by atoms with E-state index in [0.29, 0.717) is 5.92 Å². The Morgan fingerprint density at radius 2 is 1.88 bits per heavy atom. The second kappa shape index (κ2) is 6.58. The van der Waals surface area contributed by atoms with Crippen LogP contribution in [0, 0.1) is 5.82 Å². The third-order valence-corrected chi connectivity index (χ3v) is 5.15. The summed E-state index contributed by atoms with van der Waals surface area (Å²) in [5.74, 6) is 0.316. The summed E-state index contributed by atoms with van der Waals surface area (Å²) in [5, 5.41) is 5.44. The molecule has 24 heavy (non-hydrogen) atoms. The highest BCUT2D eigenvalue weighted by atomic mass is 35.5. The standard InChI is InChI=1S/C20H20ClFN2/c21-15-3-8-20-18(12-15)19(14-2-1-10-23-11-9-14)13-24(20)17-6-4-16(22)5-7-17/h3-8,12-14,23H,1-2,9-11H2. The van der Waals surface area contributed by atoms with Gasteiger partial charge < -0.3 is 9.88 Å². The molecule has 2 aromatic carbocycles. The fourth-order valence-corrected chi connectivity index (χ4v) is 3.87. The van der Waals surface area contributed by atoms with Crippen LogP contribution in [0.15, 0.2) is 48.7 Å². The summed E-state index contributed by atoms with van der Waals surface area (Å²) in [7, 11) is 0. The Labute approximate surface area is 146 Å². The molecule has 1 aromatic heterocycles. The lowest BCUT2D eigenvalue weighted by molar-refractivity contribution is 0.612. The summed E-state index contributed by atoms with van der Waals surface area (Å²) in [5.41, 5.74) is 3.44. The van der Waals surface area contributed by atoms with Gasteiger partial charge in [0.1, 0.15) is 5.82 Å². The van der Waals surface area contributed by atoms with E-state index in [1.165, 1.54) is 35.9 Å². The summed E-state index contributed by atoms with van der Waals surface area (Å²) in [6, 6.07) is 12.7. The Balaban J connectivity index is 1.87. The highest BCUT2D eigenvalue weighted by Gasteiger charge is 2.20. The molecule has 1 fully saturated rings. The highest BCUT2D eigenvalue weighted by Crippen LogP contribution is 2.36. The van der Waals surface area contributed by atoms with Crippen molar-refractivity contribution >= 4 is 22.5 Å². The lowest BCUT2D eigenvalue weighted by Gasteiger charge is -2.12. The van der Waals surface area contributed by atoms with Crippen molar-refractivity contribution in [2.75, 3.05) is 13.1 Å². The molecule has 1 aliphatic rings.